The maximum atomic E-state index is 12.3. The first-order chi connectivity index (χ1) is 9.65. The Morgan fingerprint density at radius 1 is 1.25 bits per heavy atom. The molecule has 0 aromatic heterocycles. The molecule has 0 bridgehead atoms. The summed E-state index contributed by atoms with van der Waals surface area (Å²) < 4.78 is 0. The summed E-state index contributed by atoms with van der Waals surface area (Å²) in [5.74, 6) is -0.217. The molecule has 0 aliphatic heterocycles. The Morgan fingerprint density at radius 3 is 2.65 bits per heavy atom. The minimum Gasteiger partial charge on any atom is -0.506 e. The third-order valence-corrected chi connectivity index (χ3v) is 4.23. The number of carbonyl (C=O) groups is 1. The standard InChI is InChI=1S/C16H18N2O2/c17-10-16(8-3-9-16)18-15(20)13-7-6-11-4-1-2-5-12(11)14(13)19/h1-2,4-7,19H,3,8-10,17H2,(H,18,20). The van der Waals surface area contributed by atoms with Crippen LogP contribution in [0.3, 0.4) is 0 Å². The molecule has 104 valence electrons. The molecule has 0 heterocycles. The summed E-state index contributed by atoms with van der Waals surface area (Å²) in [7, 11) is 0. The normalized spacial score (nSPS) is 16.6. The number of benzene rings is 2. The van der Waals surface area contributed by atoms with Crippen LogP contribution in [0.15, 0.2) is 36.4 Å². The van der Waals surface area contributed by atoms with Gasteiger partial charge in [-0.2, -0.15) is 0 Å². The molecular weight excluding hydrogens is 252 g/mol. The van der Waals surface area contributed by atoms with Crippen molar-refractivity contribution in [2.45, 2.75) is 24.8 Å². The van der Waals surface area contributed by atoms with Crippen molar-refractivity contribution in [1.82, 2.24) is 5.32 Å². The number of rotatable bonds is 3. The molecule has 20 heavy (non-hydrogen) atoms. The molecule has 1 amide bonds. The van der Waals surface area contributed by atoms with Crippen LogP contribution >= 0.6 is 0 Å². The molecule has 0 saturated heterocycles. The summed E-state index contributed by atoms with van der Waals surface area (Å²) in [6.07, 6.45) is 2.90. The van der Waals surface area contributed by atoms with Gasteiger partial charge in [0.2, 0.25) is 0 Å². The van der Waals surface area contributed by atoms with Gasteiger partial charge in [-0.05, 0) is 30.7 Å². The number of hydrogen-bond donors (Lipinski definition) is 3. The van der Waals surface area contributed by atoms with Gasteiger partial charge in [0.25, 0.3) is 5.91 Å². The van der Waals surface area contributed by atoms with E-state index in [9.17, 15) is 9.90 Å². The molecule has 4 heteroatoms. The lowest BCUT2D eigenvalue weighted by atomic mass is 9.76. The van der Waals surface area contributed by atoms with E-state index in [4.69, 9.17) is 5.73 Å². The number of amides is 1. The minimum atomic E-state index is -0.283. The van der Waals surface area contributed by atoms with Gasteiger partial charge in [-0.3, -0.25) is 4.79 Å². The van der Waals surface area contributed by atoms with Crippen LogP contribution in [0.2, 0.25) is 0 Å². The van der Waals surface area contributed by atoms with Gasteiger partial charge < -0.3 is 16.2 Å². The Morgan fingerprint density at radius 2 is 2.00 bits per heavy atom. The highest BCUT2D eigenvalue weighted by atomic mass is 16.3. The Balaban J connectivity index is 1.94. The average Bonchev–Trinajstić information content (AvgIpc) is 2.43. The van der Waals surface area contributed by atoms with Crippen LogP contribution in [0.1, 0.15) is 29.6 Å². The first kappa shape index (κ1) is 12.9. The van der Waals surface area contributed by atoms with Crippen molar-refractivity contribution in [3.63, 3.8) is 0 Å². The lowest BCUT2D eigenvalue weighted by Crippen LogP contribution is -2.58. The molecular formula is C16H18N2O2. The van der Waals surface area contributed by atoms with E-state index in [-0.39, 0.29) is 17.2 Å². The van der Waals surface area contributed by atoms with E-state index >= 15 is 0 Å². The zero-order chi connectivity index (χ0) is 14.2. The summed E-state index contributed by atoms with van der Waals surface area (Å²) >= 11 is 0. The molecule has 4 nitrogen and oxygen atoms in total. The minimum absolute atomic E-state index is 0.0343. The molecule has 1 aliphatic rings. The molecule has 2 aromatic carbocycles. The van der Waals surface area contributed by atoms with Gasteiger partial charge in [0.1, 0.15) is 5.75 Å². The van der Waals surface area contributed by atoms with Crippen LogP contribution in [-0.4, -0.2) is 23.1 Å². The molecule has 1 saturated carbocycles. The van der Waals surface area contributed by atoms with Gasteiger partial charge in [0.05, 0.1) is 11.1 Å². The lowest BCUT2D eigenvalue weighted by molar-refractivity contribution is 0.0835. The third-order valence-electron chi connectivity index (χ3n) is 4.23. The van der Waals surface area contributed by atoms with Crippen molar-refractivity contribution in [1.29, 1.82) is 0 Å². The van der Waals surface area contributed by atoms with E-state index in [1.54, 1.807) is 6.07 Å². The Bertz CT molecular complexity index is 657. The summed E-state index contributed by atoms with van der Waals surface area (Å²) in [6, 6.07) is 11.0. The van der Waals surface area contributed by atoms with Crippen LogP contribution in [-0.2, 0) is 0 Å². The van der Waals surface area contributed by atoms with Crippen molar-refractivity contribution >= 4 is 16.7 Å². The molecule has 0 unspecified atom stereocenters. The van der Waals surface area contributed by atoms with Gasteiger partial charge in [0, 0.05) is 11.9 Å². The molecule has 1 aliphatic carbocycles. The summed E-state index contributed by atoms with van der Waals surface area (Å²) in [5.41, 5.74) is 5.77. The first-order valence-corrected chi connectivity index (χ1v) is 6.88. The van der Waals surface area contributed by atoms with Crippen LogP contribution in [0.4, 0.5) is 0 Å². The van der Waals surface area contributed by atoms with E-state index in [0.29, 0.717) is 17.5 Å². The molecule has 0 atom stereocenters. The van der Waals surface area contributed by atoms with Crippen LogP contribution in [0.5, 0.6) is 5.75 Å². The third kappa shape index (κ3) is 2.02. The highest BCUT2D eigenvalue weighted by Gasteiger charge is 2.37. The Hall–Kier alpha value is -2.07. The van der Waals surface area contributed by atoms with Gasteiger partial charge in [0.15, 0.2) is 0 Å². The topological polar surface area (TPSA) is 75.3 Å². The molecule has 1 fully saturated rings. The number of aromatic hydroxyl groups is 1. The van der Waals surface area contributed by atoms with E-state index < -0.39 is 0 Å². The zero-order valence-electron chi connectivity index (χ0n) is 11.2. The van der Waals surface area contributed by atoms with E-state index in [1.165, 1.54) is 0 Å². The fraction of sp³-hybridized carbons (Fsp3) is 0.312. The maximum absolute atomic E-state index is 12.3. The van der Waals surface area contributed by atoms with E-state index in [1.807, 2.05) is 30.3 Å². The fourth-order valence-corrected chi connectivity index (χ4v) is 2.73. The van der Waals surface area contributed by atoms with Gasteiger partial charge in [-0.25, -0.2) is 0 Å². The monoisotopic (exact) mass is 270 g/mol. The molecule has 0 radical (unpaired) electrons. The van der Waals surface area contributed by atoms with Crippen LogP contribution in [0.25, 0.3) is 10.8 Å². The number of phenolic OH excluding ortho intramolecular Hbond substituents is 1. The van der Waals surface area contributed by atoms with Gasteiger partial charge in [-0.1, -0.05) is 30.3 Å². The molecule has 2 aromatic rings. The van der Waals surface area contributed by atoms with Crippen molar-refractivity contribution in [3.8, 4) is 5.75 Å². The smallest absolute Gasteiger partial charge is 0.255 e. The highest BCUT2D eigenvalue weighted by molar-refractivity contribution is 6.03. The van der Waals surface area contributed by atoms with E-state index in [0.717, 1.165) is 24.6 Å². The number of carbonyl (C=O) groups excluding carboxylic acids is 1. The van der Waals surface area contributed by atoms with Crippen molar-refractivity contribution in [2.75, 3.05) is 6.54 Å². The van der Waals surface area contributed by atoms with Crippen molar-refractivity contribution < 1.29 is 9.90 Å². The molecule has 0 spiro atoms. The molecule has 3 rings (SSSR count). The van der Waals surface area contributed by atoms with Crippen molar-refractivity contribution in [2.24, 2.45) is 5.73 Å². The van der Waals surface area contributed by atoms with Gasteiger partial charge in [-0.15, -0.1) is 0 Å². The second-order valence-corrected chi connectivity index (χ2v) is 5.47. The fourth-order valence-electron chi connectivity index (χ4n) is 2.73. The summed E-state index contributed by atoms with van der Waals surface area (Å²) in [6.45, 7) is 0.438. The summed E-state index contributed by atoms with van der Waals surface area (Å²) in [4.78, 5) is 12.3. The van der Waals surface area contributed by atoms with Crippen molar-refractivity contribution in [3.05, 3.63) is 42.0 Å². The zero-order valence-corrected chi connectivity index (χ0v) is 11.2. The molecule has 4 N–H and O–H groups in total. The number of nitrogens with one attached hydrogen (secondary N) is 1. The van der Waals surface area contributed by atoms with Crippen LogP contribution in [0, 0.1) is 0 Å². The first-order valence-electron chi connectivity index (χ1n) is 6.88. The summed E-state index contributed by atoms with van der Waals surface area (Å²) in [5, 5.41) is 14.9. The maximum Gasteiger partial charge on any atom is 0.255 e. The quantitative estimate of drug-likeness (QED) is 0.800. The average molecular weight is 270 g/mol. The number of phenols is 1. The van der Waals surface area contributed by atoms with Crippen LogP contribution < -0.4 is 11.1 Å². The van der Waals surface area contributed by atoms with Gasteiger partial charge >= 0.3 is 0 Å². The second kappa shape index (κ2) is 4.80. The largest absolute Gasteiger partial charge is 0.506 e. The highest BCUT2D eigenvalue weighted by Crippen LogP contribution is 2.33. The predicted octanol–water partition coefficient (Wildman–Crippen LogP) is 2.16. The second-order valence-electron chi connectivity index (χ2n) is 5.47. The number of hydrogen-bond acceptors (Lipinski definition) is 3. The Labute approximate surface area is 117 Å². The predicted molar refractivity (Wildman–Crippen MR) is 78.7 cm³/mol. The Kier molecular flexibility index (Phi) is 3.10. The lowest BCUT2D eigenvalue weighted by Gasteiger charge is -2.41. The number of nitrogens with two attached hydrogens (primary N) is 1. The van der Waals surface area contributed by atoms with E-state index in [2.05, 4.69) is 5.32 Å². The SMILES string of the molecule is NCC1(NC(=O)c2ccc3ccccc3c2O)CCC1. The number of fused-ring (bicyclic) bond motifs is 1.